The van der Waals surface area contributed by atoms with Crippen LogP contribution in [-0.2, 0) is 109 Å². The highest BCUT2D eigenvalue weighted by Gasteiger charge is 2.35. The van der Waals surface area contributed by atoms with Crippen molar-refractivity contribution in [1.82, 2.24) is 99.3 Å². The van der Waals surface area contributed by atoms with Crippen LogP contribution in [0.1, 0.15) is 186 Å². The van der Waals surface area contributed by atoms with Crippen LogP contribution in [0.5, 0.6) is 0 Å². The Morgan fingerprint density at radius 2 is 0.893 bits per heavy atom. The van der Waals surface area contributed by atoms with E-state index in [9.17, 15) is 102 Å². The molecule has 0 aromatic carbocycles. The number of imidazole rings is 1. The molecule has 2 aromatic rings. The van der Waals surface area contributed by atoms with E-state index >= 15 is 0 Å². The van der Waals surface area contributed by atoms with Crippen molar-refractivity contribution < 1.29 is 121 Å². The van der Waals surface area contributed by atoms with Crippen molar-refractivity contribution >= 4 is 94.6 Å². The second-order valence-corrected chi connectivity index (χ2v) is 28.7. The van der Waals surface area contributed by atoms with E-state index in [0.29, 0.717) is 26.0 Å². The summed E-state index contributed by atoms with van der Waals surface area (Å²) < 4.78 is 21.4. The maximum Gasteiger partial charge on any atom is 0.317 e. The molecule has 8 atom stereocenters. The molecule has 0 bridgehead atoms. The number of unbranched alkanes of at least 4 members (excludes halogenated alkanes) is 14. The number of nitrogens with one attached hydrogen (secondary N) is 14. The number of carbonyl (C=O) groups excluding carboxylic acids is 14. The van der Waals surface area contributed by atoms with Gasteiger partial charge >= 0.3 is 11.9 Å². The topological polar surface area (TPSA) is 694 Å². The first-order valence-electron chi connectivity index (χ1n) is 41.1. The largest absolute Gasteiger partial charge is 0.480 e. The minimum absolute atomic E-state index is 0.0154. The van der Waals surface area contributed by atoms with Crippen LogP contribution in [0.15, 0.2) is 12.5 Å². The Morgan fingerprint density at radius 1 is 0.438 bits per heavy atom. The van der Waals surface area contributed by atoms with Gasteiger partial charge in [-0.1, -0.05) is 90.4 Å². The lowest BCUT2D eigenvalue weighted by Gasteiger charge is -2.26. The predicted molar refractivity (Wildman–Crippen MR) is 429 cm³/mol. The number of aryl methyl sites for hydroxylation is 1. The number of hydrogen-bond acceptors (Lipinski definition) is 28. The Labute approximate surface area is 702 Å². The molecule has 0 spiro atoms. The number of carboxylic acids is 2. The van der Waals surface area contributed by atoms with Gasteiger partial charge in [-0.05, 0) is 75.3 Å². The first-order valence-corrected chi connectivity index (χ1v) is 41.1. The average Bonchev–Trinajstić information content (AvgIpc) is 1.47. The van der Waals surface area contributed by atoms with Crippen molar-refractivity contribution in [3.8, 4) is 0 Å². The number of aromatic nitrogens is 6. The number of carbonyl (C=O) groups is 16. The van der Waals surface area contributed by atoms with Gasteiger partial charge in [0, 0.05) is 70.4 Å². The van der Waals surface area contributed by atoms with E-state index < -0.39 is 209 Å². The van der Waals surface area contributed by atoms with Gasteiger partial charge in [-0.25, -0.2) is 10.1 Å². The van der Waals surface area contributed by atoms with E-state index in [2.05, 4.69) is 94.4 Å². The van der Waals surface area contributed by atoms with Crippen LogP contribution >= 0.6 is 0 Å². The summed E-state index contributed by atoms with van der Waals surface area (Å²) in [5, 5.41) is 92.0. The first kappa shape index (κ1) is 107. The summed E-state index contributed by atoms with van der Waals surface area (Å²) in [6.45, 7) is -1.40. The SMILES string of the molecule is CCCC[C@@H](C)NC(=O)[C@H](CCCCN(CC(=O)O)CC(=O)O)NC(=O)CCNC(=O)[C@H](Cc1c[nH]cn1)NC(=O)[C@H](CCC(N)=O)NC(=O)[C@H](CO)NC(=O)[C@H](CO)NC(=O)[C@H](CCC(N)=O)NC(=O)[C@@H](CO)NC(=O)CNC(=O)COCCOCCNC(=O)COCCOCCNC(=O)CCCCCCCCCCCCCCCc1nnn[nH]1. The van der Waals surface area contributed by atoms with Crippen LogP contribution in [0.2, 0.25) is 0 Å². The van der Waals surface area contributed by atoms with Gasteiger partial charge in [-0.3, -0.25) is 81.6 Å². The van der Waals surface area contributed by atoms with Crippen molar-refractivity contribution in [3.63, 3.8) is 0 Å². The molecule has 0 fully saturated rings. The van der Waals surface area contributed by atoms with Crippen LogP contribution in [0, 0.1) is 0 Å². The zero-order chi connectivity index (χ0) is 89.4. The van der Waals surface area contributed by atoms with E-state index in [1.165, 1.54) is 75.2 Å². The number of aliphatic hydroxyl groups is 3. The second kappa shape index (κ2) is 66.2. The fourth-order valence-corrected chi connectivity index (χ4v) is 11.8. The molecular weight excluding hydrogens is 1590 g/mol. The molecular formula is C75H129N21O25. The maximum atomic E-state index is 14.1. The summed E-state index contributed by atoms with van der Waals surface area (Å²) in [5.41, 5.74) is 10.9. The fourth-order valence-electron chi connectivity index (χ4n) is 11.8. The van der Waals surface area contributed by atoms with Gasteiger partial charge in [-0.2, -0.15) is 0 Å². The van der Waals surface area contributed by atoms with Crippen LogP contribution in [-0.4, -0.2) is 322 Å². The molecule has 121 heavy (non-hydrogen) atoms. The number of ether oxygens (including phenoxy) is 4. The Kier molecular flexibility index (Phi) is 58.3. The molecule has 14 amide bonds. The number of nitrogens with zero attached hydrogens (tertiary/aromatic N) is 5. The van der Waals surface area contributed by atoms with Crippen LogP contribution in [0.3, 0.4) is 0 Å². The maximum absolute atomic E-state index is 14.1. The summed E-state index contributed by atoms with van der Waals surface area (Å²) in [7, 11) is 0. The molecule has 2 rings (SSSR count). The molecule has 0 saturated heterocycles. The lowest BCUT2D eigenvalue weighted by molar-refractivity contribution is -0.142. The number of primary amides is 2. The van der Waals surface area contributed by atoms with E-state index in [1.807, 2.05) is 6.92 Å². The molecule has 0 saturated carbocycles. The first-order chi connectivity index (χ1) is 58.1. The molecule has 0 aliphatic rings. The number of carboxylic acid groups (broad SMARTS) is 2. The molecule has 46 nitrogen and oxygen atoms in total. The Bertz CT molecular complexity index is 3380. The Morgan fingerprint density at radius 3 is 1.38 bits per heavy atom. The molecule has 23 N–H and O–H groups in total. The van der Waals surface area contributed by atoms with Gasteiger partial charge in [0.05, 0.1) is 91.1 Å². The number of amides is 14. The van der Waals surface area contributed by atoms with E-state index in [0.717, 1.165) is 50.8 Å². The number of rotatable bonds is 75. The van der Waals surface area contributed by atoms with Gasteiger partial charge < -0.3 is 125 Å². The van der Waals surface area contributed by atoms with Crippen molar-refractivity contribution in [3.05, 3.63) is 24.0 Å². The monoisotopic (exact) mass is 1720 g/mol. The number of aromatic amines is 2. The van der Waals surface area contributed by atoms with Crippen LogP contribution < -0.4 is 75.3 Å². The van der Waals surface area contributed by atoms with Crippen LogP contribution in [0.25, 0.3) is 0 Å². The number of aliphatic carboxylic acids is 2. The molecule has 0 unspecified atom stereocenters. The normalized spacial score (nSPS) is 13.1. The van der Waals surface area contributed by atoms with E-state index in [1.54, 1.807) is 6.92 Å². The van der Waals surface area contributed by atoms with E-state index in [4.69, 9.17) is 30.4 Å². The van der Waals surface area contributed by atoms with Gasteiger partial charge in [0.25, 0.3) is 0 Å². The highest BCUT2D eigenvalue weighted by Crippen LogP contribution is 2.15. The van der Waals surface area contributed by atoms with Gasteiger partial charge in [-0.15, -0.1) is 5.10 Å². The summed E-state index contributed by atoms with van der Waals surface area (Å²) in [6.07, 6.45) is 19.3. The van der Waals surface area contributed by atoms with Gasteiger partial charge in [0.15, 0.2) is 0 Å². The summed E-state index contributed by atoms with van der Waals surface area (Å²) in [4.78, 5) is 213. The average molecular weight is 1720 g/mol. The smallest absolute Gasteiger partial charge is 0.317 e. The number of H-pyrrole nitrogens is 2. The summed E-state index contributed by atoms with van der Waals surface area (Å²) in [5.74, 6) is -14.1. The summed E-state index contributed by atoms with van der Waals surface area (Å²) in [6, 6.07) is -12.2. The quantitative estimate of drug-likeness (QED) is 0.0275. The molecule has 2 aromatic heterocycles. The minimum Gasteiger partial charge on any atom is -0.480 e. The Hall–Kier alpha value is -10.5. The minimum atomic E-state index is -1.99. The van der Waals surface area contributed by atoms with Crippen molar-refractivity contribution in [2.45, 2.75) is 236 Å². The third kappa shape index (κ3) is 53.7. The molecule has 684 valence electrons. The fraction of sp³-hybridized carbons (Fsp3) is 0.733. The molecule has 2 heterocycles. The Balaban J connectivity index is 1.81. The third-order valence-corrected chi connectivity index (χ3v) is 18.3. The third-order valence-electron chi connectivity index (χ3n) is 18.3. The predicted octanol–water partition coefficient (Wildman–Crippen LogP) is -5.67. The number of hydrogen-bond donors (Lipinski definition) is 21. The lowest BCUT2D eigenvalue weighted by Crippen LogP contribution is -2.61. The number of aliphatic hydroxyl groups excluding tert-OH is 3. The van der Waals surface area contributed by atoms with Gasteiger partial charge in [0.2, 0.25) is 82.7 Å². The molecule has 0 aliphatic carbocycles. The molecule has 46 heteroatoms. The second-order valence-electron chi connectivity index (χ2n) is 28.7. The standard InChI is InChI=1S/C75H129N21O25/c1-3-4-20-50(2)84-70(112)52(21-18-19-32-96(42-67(107)108)43-68(109)110)85-63(103)28-29-81-69(111)55(39-51-40-78-49-83-51)89-71(113)53(24-26-59(76)100)88-74(116)57(45-98)91-75(117)58(46-99)90-72(114)54(25-27-60(77)101)87-73(115)56(44-97)86-64(104)41-82-66(106)48-121-38-36-119-34-31-80-65(105)47-120-37-35-118-33-30-79-62(102)23-17-15-13-11-9-7-5-6-8-10-12-14-16-22-61-92-94-95-93-61/h40,49-50,52-58,97-99H,3-39,41-48H2,1-2H3,(H2,76,100)(H2,77,101)(H,78,83)(H,79,102)(H,80,105)(H,81,111)(H,82,106)(H,84,112)(H,85,103)(H,86,104)(H,87,115)(H,88,116)(H,89,113)(H,90,114)(H,91,117)(H,107,108)(H,109,110)(H,92,93,94,95)/t50-,52+,53+,54+,55+,56-,57+,58+/m1/s1. The lowest BCUT2D eigenvalue weighted by atomic mass is 10.0. The van der Waals surface area contributed by atoms with Crippen molar-refractivity contribution in [2.75, 3.05) is 118 Å². The number of nitrogens with two attached hydrogens (primary N) is 2. The molecule has 0 aliphatic heterocycles. The van der Waals surface area contributed by atoms with Gasteiger partial charge in [0.1, 0.15) is 61.3 Å². The molecule has 0 radical (unpaired) electrons. The highest BCUT2D eigenvalue weighted by atomic mass is 16.5. The highest BCUT2D eigenvalue weighted by molar-refractivity contribution is 5.98. The summed E-state index contributed by atoms with van der Waals surface area (Å²) >= 11 is 0. The zero-order valence-corrected chi connectivity index (χ0v) is 69.4. The zero-order valence-electron chi connectivity index (χ0n) is 69.4. The van der Waals surface area contributed by atoms with Crippen LogP contribution in [0.4, 0.5) is 0 Å². The van der Waals surface area contributed by atoms with Crippen molar-refractivity contribution in [1.29, 1.82) is 0 Å². The van der Waals surface area contributed by atoms with E-state index in [-0.39, 0.29) is 103 Å². The number of tetrazole rings is 1. The van der Waals surface area contributed by atoms with Crippen molar-refractivity contribution in [2.24, 2.45) is 11.5 Å².